The van der Waals surface area contributed by atoms with E-state index in [2.05, 4.69) is 40.7 Å². The Hall–Kier alpha value is -2.89. The number of nitrogens with zero attached hydrogens (tertiary/aromatic N) is 1. The Balaban J connectivity index is 1.62. The molecule has 2 N–H and O–H groups in total. The van der Waals surface area contributed by atoms with Crippen LogP contribution in [0.15, 0.2) is 23.3 Å². The predicted octanol–water partition coefficient (Wildman–Crippen LogP) is 6.50. The molecule has 7 atom stereocenters. The molecule has 5 rings (SSSR count). The van der Waals surface area contributed by atoms with Gasteiger partial charge in [-0.05, 0) is 79.1 Å². The molecule has 0 bridgehead atoms. The highest BCUT2D eigenvalue weighted by Gasteiger charge is 2.71. The van der Waals surface area contributed by atoms with E-state index >= 15 is 0 Å². The Morgan fingerprint density at radius 2 is 1.71 bits per heavy atom. The average molecular weight is 584 g/mol. The number of allylic oxidation sites excluding steroid dienone is 4. The van der Waals surface area contributed by atoms with Crippen LogP contribution >= 0.6 is 0 Å². The first-order valence-electron chi connectivity index (χ1n) is 15.1. The summed E-state index contributed by atoms with van der Waals surface area (Å²) in [4.78, 5) is 46.6. The van der Waals surface area contributed by atoms with E-state index in [-0.39, 0.29) is 34.4 Å². The SMILES string of the molecule is CC1(C)CC[C@]2(C(=O)ONC(=N)C(F)F)CC[C@]3(C)[C@H](C(=O)C=C4[C@@]5(C)C=C(C#N)C(=O)C(C)(C)[C@@H]5CC[C@]43C)[C@@H]2C1. The Kier molecular flexibility index (Phi) is 6.77. The average Bonchev–Trinajstić information content (AvgIpc) is 2.90. The van der Waals surface area contributed by atoms with Gasteiger partial charge in [0.05, 0.1) is 11.0 Å². The minimum Gasteiger partial charge on any atom is -0.341 e. The van der Waals surface area contributed by atoms with E-state index < -0.39 is 51.2 Å². The summed E-state index contributed by atoms with van der Waals surface area (Å²) in [7, 11) is 0. The van der Waals surface area contributed by atoms with Gasteiger partial charge in [-0.15, -0.1) is 0 Å². The summed E-state index contributed by atoms with van der Waals surface area (Å²) in [6.45, 7) is 14.5. The van der Waals surface area contributed by atoms with Crippen LogP contribution in [0, 0.1) is 67.0 Å². The monoisotopic (exact) mass is 583 g/mol. The van der Waals surface area contributed by atoms with Crippen molar-refractivity contribution in [2.75, 3.05) is 0 Å². The van der Waals surface area contributed by atoms with Gasteiger partial charge in [0, 0.05) is 16.7 Å². The van der Waals surface area contributed by atoms with Crippen LogP contribution in [0.4, 0.5) is 8.78 Å². The van der Waals surface area contributed by atoms with Crippen molar-refractivity contribution in [3.63, 3.8) is 0 Å². The van der Waals surface area contributed by atoms with E-state index in [1.807, 2.05) is 25.4 Å². The van der Waals surface area contributed by atoms with Crippen molar-refractivity contribution in [3.8, 4) is 6.07 Å². The van der Waals surface area contributed by atoms with Crippen molar-refractivity contribution >= 4 is 23.4 Å². The molecule has 0 unspecified atom stereocenters. The van der Waals surface area contributed by atoms with Gasteiger partial charge in [-0.2, -0.15) is 10.7 Å². The minimum atomic E-state index is -3.10. The van der Waals surface area contributed by atoms with Crippen molar-refractivity contribution in [2.24, 2.45) is 50.2 Å². The second-order valence-corrected chi connectivity index (χ2v) is 15.6. The number of nitriles is 1. The molecule has 228 valence electrons. The van der Waals surface area contributed by atoms with Gasteiger partial charge in [-0.3, -0.25) is 15.0 Å². The lowest BCUT2D eigenvalue weighted by Gasteiger charge is -2.68. The first kappa shape index (κ1) is 30.6. The minimum absolute atomic E-state index is 0.0543. The number of ketones is 2. The summed E-state index contributed by atoms with van der Waals surface area (Å²) in [6.07, 6.45) is 4.84. The predicted molar refractivity (Wildman–Crippen MR) is 152 cm³/mol. The number of carbonyl (C=O) groups excluding carboxylic acids is 3. The van der Waals surface area contributed by atoms with E-state index in [4.69, 9.17) is 10.2 Å². The van der Waals surface area contributed by atoms with Gasteiger partial charge in [0.15, 0.2) is 17.4 Å². The third-order valence-corrected chi connectivity index (χ3v) is 12.7. The molecule has 0 heterocycles. The number of carbonyl (C=O) groups is 3. The largest absolute Gasteiger partial charge is 0.341 e. The highest BCUT2D eigenvalue weighted by molar-refractivity contribution is 6.04. The van der Waals surface area contributed by atoms with E-state index in [0.29, 0.717) is 25.7 Å². The van der Waals surface area contributed by atoms with Gasteiger partial charge >= 0.3 is 5.97 Å². The van der Waals surface area contributed by atoms with Crippen molar-refractivity contribution in [1.29, 1.82) is 10.7 Å². The Bertz CT molecular complexity index is 1380. The molecule has 3 fully saturated rings. The summed E-state index contributed by atoms with van der Waals surface area (Å²) in [5.74, 6) is -2.97. The molecule has 0 aliphatic heterocycles. The number of fused-ring (bicyclic) bond motifs is 7. The molecule has 7 nitrogen and oxygen atoms in total. The lowest BCUT2D eigenvalue weighted by atomic mass is 9.34. The van der Waals surface area contributed by atoms with Crippen LogP contribution in [0.1, 0.15) is 93.4 Å². The summed E-state index contributed by atoms with van der Waals surface area (Å²) in [5, 5.41) is 17.3. The molecule has 0 aromatic carbocycles. The quantitative estimate of drug-likeness (QED) is 0.218. The maximum atomic E-state index is 14.5. The zero-order valence-corrected chi connectivity index (χ0v) is 25.7. The fourth-order valence-corrected chi connectivity index (χ4v) is 10.2. The summed E-state index contributed by atoms with van der Waals surface area (Å²) in [6, 6.07) is 2.12. The molecule has 3 saturated carbocycles. The first-order valence-corrected chi connectivity index (χ1v) is 15.1. The molecule has 0 aromatic rings. The topological polar surface area (TPSA) is 120 Å². The fourth-order valence-electron chi connectivity index (χ4n) is 10.2. The van der Waals surface area contributed by atoms with Gasteiger partial charge in [0.2, 0.25) is 0 Å². The highest BCUT2D eigenvalue weighted by atomic mass is 19.3. The van der Waals surface area contributed by atoms with Crippen LogP contribution < -0.4 is 5.48 Å². The molecular weight excluding hydrogens is 540 g/mol. The zero-order valence-electron chi connectivity index (χ0n) is 25.7. The lowest BCUT2D eigenvalue weighted by Crippen LogP contribution is -2.66. The smallest absolute Gasteiger partial charge is 0.338 e. The zero-order chi connectivity index (χ0) is 31.3. The molecule has 0 radical (unpaired) electrons. The lowest BCUT2D eigenvalue weighted by molar-refractivity contribution is -0.196. The summed E-state index contributed by atoms with van der Waals surface area (Å²) in [5.41, 5.74) is -0.547. The maximum absolute atomic E-state index is 14.5. The van der Waals surface area contributed by atoms with E-state index in [9.17, 15) is 28.4 Å². The van der Waals surface area contributed by atoms with Gasteiger partial charge < -0.3 is 4.84 Å². The molecule has 9 heteroatoms. The van der Waals surface area contributed by atoms with E-state index in [1.165, 1.54) is 0 Å². The van der Waals surface area contributed by atoms with Crippen molar-refractivity contribution < 1.29 is 28.0 Å². The first-order chi connectivity index (χ1) is 19.3. The van der Waals surface area contributed by atoms with Crippen LogP contribution in [-0.2, 0) is 19.2 Å². The Morgan fingerprint density at radius 3 is 2.33 bits per heavy atom. The van der Waals surface area contributed by atoms with Crippen LogP contribution in [0.3, 0.4) is 0 Å². The third-order valence-electron chi connectivity index (χ3n) is 12.7. The number of halogens is 2. The van der Waals surface area contributed by atoms with Gasteiger partial charge in [0.1, 0.15) is 6.07 Å². The molecule has 5 aliphatic rings. The van der Waals surface area contributed by atoms with Gasteiger partial charge in [-0.1, -0.05) is 60.1 Å². The normalized spacial score (nSPS) is 41.6. The van der Waals surface area contributed by atoms with Crippen LogP contribution in [0.25, 0.3) is 0 Å². The number of nitrogens with one attached hydrogen (secondary N) is 2. The number of hydrogen-bond donors (Lipinski definition) is 2. The number of Topliss-reactive ketones (excluding diaryl/α,β-unsaturated/α-hetero) is 1. The number of rotatable bonds is 2. The highest BCUT2D eigenvalue weighted by Crippen LogP contribution is 2.74. The van der Waals surface area contributed by atoms with Crippen molar-refractivity contribution in [1.82, 2.24) is 5.48 Å². The molecular formula is C33H43F2N3O4. The summed E-state index contributed by atoms with van der Waals surface area (Å²) >= 11 is 0. The molecule has 0 aromatic heterocycles. The van der Waals surface area contributed by atoms with E-state index in [1.54, 1.807) is 6.08 Å². The molecule has 5 aliphatic carbocycles. The van der Waals surface area contributed by atoms with Crippen molar-refractivity contribution in [2.45, 2.75) is 99.8 Å². The maximum Gasteiger partial charge on any atom is 0.338 e. The number of hydroxylamine groups is 1. The van der Waals surface area contributed by atoms with Gasteiger partial charge in [-0.25, -0.2) is 13.6 Å². The standard InChI is InChI=1S/C33H43F2N3O4/c1-28(2)10-12-33(27(41)42-38-26(37)25(34)35)13-11-32(7)23(19(33)16-28)20(39)14-22-30(5)15-18(17-36)24(40)29(3,4)21(30)8-9-31(22,32)6/h14-15,19,21,23,25H,8-13,16H2,1-7H3,(H2,37,38)/t19-,21-,23-,30-,31+,32+,33-/m0/s1. The second kappa shape index (κ2) is 9.30. The number of amidine groups is 1. The number of hydrogen-bond acceptors (Lipinski definition) is 6. The number of alkyl halides is 2. The Labute approximate surface area is 247 Å². The summed E-state index contributed by atoms with van der Waals surface area (Å²) < 4.78 is 25.9. The van der Waals surface area contributed by atoms with Crippen LogP contribution in [-0.4, -0.2) is 29.8 Å². The molecule has 0 spiro atoms. The molecule has 0 amide bonds. The van der Waals surface area contributed by atoms with Crippen LogP contribution in [0.5, 0.6) is 0 Å². The van der Waals surface area contributed by atoms with Crippen LogP contribution in [0.2, 0.25) is 0 Å². The fraction of sp³-hybridized carbons (Fsp3) is 0.727. The van der Waals surface area contributed by atoms with Crippen molar-refractivity contribution in [3.05, 3.63) is 23.3 Å². The Morgan fingerprint density at radius 1 is 1.07 bits per heavy atom. The third kappa shape index (κ3) is 3.92. The van der Waals surface area contributed by atoms with E-state index in [0.717, 1.165) is 24.8 Å². The second-order valence-electron chi connectivity index (χ2n) is 15.6. The molecule has 0 saturated heterocycles. The molecule has 42 heavy (non-hydrogen) atoms. The van der Waals surface area contributed by atoms with Gasteiger partial charge in [0.25, 0.3) is 6.43 Å².